The summed E-state index contributed by atoms with van der Waals surface area (Å²) in [5.74, 6) is -1.23. The van der Waals surface area contributed by atoms with Crippen LogP contribution in [0.2, 0.25) is 0 Å². The molecular formula is C14H18N2O6S2. The highest BCUT2D eigenvalue weighted by molar-refractivity contribution is 7.92. The number of benzene rings is 1. The van der Waals surface area contributed by atoms with E-state index in [9.17, 15) is 26.7 Å². The maximum Gasteiger partial charge on any atom is 0.322 e. The zero-order valence-electron chi connectivity index (χ0n) is 12.8. The van der Waals surface area contributed by atoms with E-state index in [1.807, 2.05) is 0 Å². The number of carboxylic acids is 1. The molecule has 1 aromatic carbocycles. The van der Waals surface area contributed by atoms with Gasteiger partial charge in [-0.3, -0.25) is 4.79 Å². The van der Waals surface area contributed by atoms with Crippen molar-refractivity contribution in [2.24, 2.45) is 0 Å². The van der Waals surface area contributed by atoms with E-state index in [1.54, 1.807) is 0 Å². The van der Waals surface area contributed by atoms with Gasteiger partial charge in [0.2, 0.25) is 20.0 Å². The van der Waals surface area contributed by atoms with Crippen LogP contribution in [-0.4, -0.2) is 50.8 Å². The first-order valence-corrected chi connectivity index (χ1v) is 10.5. The van der Waals surface area contributed by atoms with Crippen molar-refractivity contribution < 1.29 is 26.7 Å². The van der Waals surface area contributed by atoms with Gasteiger partial charge >= 0.3 is 5.97 Å². The van der Waals surface area contributed by atoms with Gasteiger partial charge in [0.15, 0.2) is 0 Å². The molecule has 24 heavy (non-hydrogen) atoms. The van der Waals surface area contributed by atoms with Crippen molar-refractivity contribution in [1.82, 2.24) is 9.03 Å². The van der Waals surface area contributed by atoms with Crippen LogP contribution in [-0.2, 0) is 24.8 Å². The summed E-state index contributed by atoms with van der Waals surface area (Å²) in [7, 11) is -8.21. The van der Waals surface area contributed by atoms with E-state index in [4.69, 9.17) is 0 Å². The second kappa shape index (κ2) is 6.10. The van der Waals surface area contributed by atoms with Crippen molar-refractivity contribution in [2.75, 3.05) is 6.54 Å². The number of hydrogen-bond acceptors (Lipinski definition) is 5. The van der Waals surface area contributed by atoms with Gasteiger partial charge in [-0.25, -0.2) is 21.6 Å². The van der Waals surface area contributed by atoms with Gasteiger partial charge in [0.05, 0.1) is 0 Å². The van der Waals surface area contributed by atoms with E-state index < -0.39 is 32.1 Å². The van der Waals surface area contributed by atoms with Crippen molar-refractivity contribution >= 4 is 26.0 Å². The maximum absolute atomic E-state index is 12.9. The molecule has 0 amide bonds. The lowest BCUT2D eigenvalue weighted by Crippen LogP contribution is -2.41. The summed E-state index contributed by atoms with van der Waals surface area (Å²) in [4.78, 5) is 10.6. The Hall–Kier alpha value is -1.49. The molecule has 0 spiro atoms. The largest absolute Gasteiger partial charge is 0.480 e. The first-order valence-electron chi connectivity index (χ1n) is 7.59. The van der Waals surface area contributed by atoms with Gasteiger partial charge in [0.1, 0.15) is 15.8 Å². The number of aliphatic carboxylic acids is 1. The molecule has 1 aliphatic carbocycles. The van der Waals surface area contributed by atoms with Crippen molar-refractivity contribution in [3.05, 3.63) is 24.3 Å². The molecule has 8 nitrogen and oxygen atoms in total. The highest BCUT2D eigenvalue weighted by Crippen LogP contribution is 2.31. The zero-order chi connectivity index (χ0) is 17.5. The van der Waals surface area contributed by atoms with Crippen molar-refractivity contribution in [3.63, 3.8) is 0 Å². The minimum Gasteiger partial charge on any atom is -0.480 e. The molecule has 0 bridgehead atoms. The van der Waals surface area contributed by atoms with Crippen molar-refractivity contribution in [2.45, 2.75) is 47.6 Å². The molecule has 1 atom stereocenters. The van der Waals surface area contributed by atoms with Crippen LogP contribution in [0.15, 0.2) is 34.1 Å². The Bertz CT molecular complexity index is 861. The summed E-state index contributed by atoms with van der Waals surface area (Å²) in [5.41, 5.74) is 0. The Morgan fingerprint density at radius 2 is 1.71 bits per heavy atom. The van der Waals surface area contributed by atoms with E-state index >= 15 is 0 Å². The van der Waals surface area contributed by atoms with E-state index in [-0.39, 0.29) is 28.8 Å². The maximum atomic E-state index is 12.9. The predicted molar refractivity (Wildman–Crippen MR) is 84.3 cm³/mol. The van der Waals surface area contributed by atoms with Crippen LogP contribution in [0.3, 0.4) is 0 Å². The van der Waals surface area contributed by atoms with Gasteiger partial charge in [-0.1, -0.05) is 12.1 Å². The third-order valence-electron chi connectivity index (χ3n) is 4.11. The summed E-state index contributed by atoms with van der Waals surface area (Å²) < 4.78 is 54.0. The lowest BCUT2D eigenvalue weighted by Gasteiger charge is -2.22. The van der Waals surface area contributed by atoms with Gasteiger partial charge in [0.25, 0.3) is 0 Å². The lowest BCUT2D eigenvalue weighted by molar-refractivity contribution is -0.140. The summed E-state index contributed by atoms with van der Waals surface area (Å²) in [6, 6.07) is 3.97. The predicted octanol–water partition coefficient (Wildman–Crippen LogP) is 0.365. The SMILES string of the molecule is O=C(O)C1CCCN1S(=O)(=O)c1ccccc1S(=O)(=O)NC1CC1. The van der Waals surface area contributed by atoms with Crippen LogP contribution in [0, 0.1) is 0 Å². The highest BCUT2D eigenvalue weighted by Gasteiger charge is 2.42. The van der Waals surface area contributed by atoms with E-state index in [1.165, 1.54) is 24.3 Å². The van der Waals surface area contributed by atoms with Crippen molar-refractivity contribution in [3.8, 4) is 0 Å². The fourth-order valence-electron chi connectivity index (χ4n) is 2.77. The topological polar surface area (TPSA) is 121 Å². The fourth-order valence-corrected chi connectivity index (χ4v) is 6.53. The third kappa shape index (κ3) is 3.18. The fraction of sp³-hybridized carbons (Fsp3) is 0.500. The minimum absolute atomic E-state index is 0.0593. The Morgan fingerprint density at radius 3 is 2.29 bits per heavy atom. The van der Waals surface area contributed by atoms with Gasteiger partial charge < -0.3 is 5.11 Å². The standard InChI is InChI=1S/C14H18N2O6S2/c17-14(18)11-4-3-9-16(11)24(21,22)13-6-2-1-5-12(13)23(19,20)15-10-7-8-10/h1-2,5-6,10-11,15H,3-4,7-9H2,(H,17,18). The molecule has 1 saturated heterocycles. The molecule has 1 heterocycles. The van der Waals surface area contributed by atoms with Crippen LogP contribution in [0.4, 0.5) is 0 Å². The van der Waals surface area contributed by atoms with Crippen LogP contribution in [0.25, 0.3) is 0 Å². The zero-order valence-corrected chi connectivity index (χ0v) is 14.4. The summed E-state index contributed by atoms with van der Waals surface area (Å²) in [5, 5.41) is 9.21. The summed E-state index contributed by atoms with van der Waals surface area (Å²) in [6.45, 7) is 0.0593. The van der Waals surface area contributed by atoms with Crippen LogP contribution in [0.5, 0.6) is 0 Å². The lowest BCUT2D eigenvalue weighted by atomic mass is 10.2. The van der Waals surface area contributed by atoms with Crippen LogP contribution in [0.1, 0.15) is 25.7 Å². The highest BCUT2D eigenvalue weighted by atomic mass is 32.2. The Morgan fingerprint density at radius 1 is 1.08 bits per heavy atom. The minimum atomic E-state index is -4.23. The number of rotatable bonds is 6. The molecule has 1 saturated carbocycles. The first-order chi connectivity index (χ1) is 11.2. The molecule has 0 radical (unpaired) electrons. The molecule has 0 aromatic heterocycles. The normalized spacial score (nSPS) is 22.6. The van der Waals surface area contributed by atoms with Gasteiger partial charge in [-0.05, 0) is 37.8 Å². The molecule has 2 aliphatic rings. The Kier molecular flexibility index (Phi) is 4.41. The molecule has 132 valence electrons. The molecule has 10 heteroatoms. The number of sulfonamides is 2. The molecule has 2 N–H and O–H groups in total. The molecule has 3 rings (SSSR count). The van der Waals surface area contributed by atoms with Gasteiger partial charge in [-0.2, -0.15) is 4.31 Å². The second-order valence-corrected chi connectivity index (χ2v) is 9.50. The number of nitrogens with zero attached hydrogens (tertiary/aromatic N) is 1. The Labute approximate surface area is 140 Å². The van der Waals surface area contributed by atoms with E-state index in [0.717, 1.165) is 17.1 Å². The summed E-state index contributed by atoms with van der Waals surface area (Å²) in [6.07, 6.45) is 2.08. The van der Waals surface area contributed by atoms with Crippen molar-refractivity contribution in [1.29, 1.82) is 0 Å². The van der Waals surface area contributed by atoms with Gasteiger partial charge in [0, 0.05) is 12.6 Å². The first kappa shape index (κ1) is 17.3. The van der Waals surface area contributed by atoms with Crippen LogP contribution < -0.4 is 4.72 Å². The molecule has 2 fully saturated rings. The quantitative estimate of drug-likeness (QED) is 0.742. The average molecular weight is 374 g/mol. The molecule has 1 aromatic rings. The van der Waals surface area contributed by atoms with E-state index in [0.29, 0.717) is 6.42 Å². The number of hydrogen-bond donors (Lipinski definition) is 2. The monoisotopic (exact) mass is 374 g/mol. The number of nitrogens with one attached hydrogen (secondary N) is 1. The van der Waals surface area contributed by atoms with E-state index in [2.05, 4.69) is 4.72 Å². The molecular weight excluding hydrogens is 356 g/mol. The average Bonchev–Trinajstić information content (AvgIpc) is 3.17. The number of carbonyl (C=O) groups is 1. The second-order valence-electron chi connectivity index (χ2n) is 5.95. The molecule has 1 aliphatic heterocycles. The smallest absolute Gasteiger partial charge is 0.322 e. The van der Waals surface area contributed by atoms with Gasteiger partial charge in [-0.15, -0.1) is 0 Å². The third-order valence-corrected chi connectivity index (χ3v) is 7.79. The van der Waals surface area contributed by atoms with Crippen LogP contribution >= 0.6 is 0 Å². The Balaban J connectivity index is 2.04. The number of carboxylic acid groups (broad SMARTS) is 1. The molecule has 1 unspecified atom stereocenters. The summed E-state index contributed by atoms with van der Waals surface area (Å²) >= 11 is 0.